The number of hydrogen-bond acceptors (Lipinski definition) is 9. The summed E-state index contributed by atoms with van der Waals surface area (Å²) in [6.07, 6.45) is -6.83. The van der Waals surface area contributed by atoms with Gasteiger partial charge in [-0.2, -0.15) is 13.2 Å². The molecule has 2 aromatic carbocycles. The summed E-state index contributed by atoms with van der Waals surface area (Å²) in [7, 11) is 2.57. The maximum Gasteiger partial charge on any atom is 0.417 e. The van der Waals surface area contributed by atoms with Crippen LogP contribution >= 0.6 is 11.6 Å². The maximum absolute atomic E-state index is 12.9. The van der Waals surface area contributed by atoms with E-state index in [1.165, 1.54) is 21.1 Å². The lowest BCUT2D eigenvalue weighted by Gasteiger charge is -2.17. The molecule has 0 spiro atoms. The largest absolute Gasteiger partial charge is 0.461 e. The van der Waals surface area contributed by atoms with Crippen LogP contribution in [0.4, 0.5) is 23.7 Å². The Kier molecular flexibility index (Phi) is 9.66. The van der Waals surface area contributed by atoms with E-state index in [1.54, 1.807) is 0 Å². The second kappa shape index (κ2) is 12.3. The average Bonchev–Trinajstić information content (AvgIpc) is 2.82. The normalized spacial score (nSPS) is 11.8. The Morgan fingerprint density at radius 2 is 1.76 bits per heavy atom. The quantitative estimate of drug-likeness (QED) is 0.186. The number of nitrogens with zero attached hydrogens (tertiary/aromatic N) is 2. The van der Waals surface area contributed by atoms with E-state index in [1.807, 2.05) is 0 Å². The lowest BCUT2D eigenvalue weighted by molar-refractivity contribution is -0.385. The molecule has 1 unspecified atom stereocenters. The van der Waals surface area contributed by atoms with Crippen molar-refractivity contribution < 1.29 is 51.4 Å². The summed E-state index contributed by atoms with van der Waals surface area (Å²) in [6, 6.07) is 5.51. The molecule has 0 saturated carbocycles. The zero-order valence-corrected chi connectivity index (χ0v) is 20.3. The molecule has 1 atom stereocenters. The van der Waals surface area contributed by atoms with Gasteiger partial charge in [0, 0.05) is 25.2 Å². The molecule has 0 aliphatic heterocycles. The average molecular weight is 549 g/mol. The maximum atomic E-state index is 12.9. The fraction of sp³-hybridized carbons (Fsp3) is 0.318. The number of nitro benzene ring substituents is 1. The molecule has 200 valence electrons. The van der Waals surface area contributed by atoms with Gasteiger partial charge in [0.05, 0.1) is 29.2 Å². The van der Waals surface area contributed by atoms with Gasteiger partial charge < -0.3 is 23.8 Å². The molecule has 0 fully saturated rings. The van der Waals surface area contributed by atoms with Crippen molar-refractivity contribution in [1.29, 1.82) is 0 Å². The molecule has 0 heterocycles. The van der Waals surface area contributed by atoms with E-state index in [0.717, 1.165) is 35.2 Å². The van der Waals surface area contributed by atoms with E-state index < -0.39 is 57.1 Å². The minimum absolute atomic E-state index is 0.0160. The number of carbonyl (C=O) groups excluding carboxylic acids is 3. The number of halogens is 4. The Balaban J connectivity index is 2.14. The molecule has 11 nitrogen and oxygen atoms in total. The van der Waals surface area contributed by atoms with Gasteiger partial charge in [-0.3, -0.25) is 10.1 Å². The summed E-state index contributed by atoms with van der Waals surface area (Å²) >= 11 is 5.66. The first kappa shape index (κ1) is 29.2. The molecule has 0 aromatic heterocycles. The number of benzene rings is 2. The van der Waals surface area contributed by atoms with Crippen LogP contribution in [0.5, 0.6) is 11.5 Å². The van der Waals surface area contributed by atoms with Crippen LogP contribution in [-0.4, -0.2) is 61.3 Å². The number of amides is 1. The first-order chi connectivity index (χ1) is 17.2. The number of rotatable bonds is 9. The predicted octanol–water partition coefficient (Wildman–Crippen LogP) is 4.85. The van der Waals surface area contributed by atoms with Crippen LogP contribution in [0.25, 0.3) is 0 Å². The van der Waals surface area contributed by atoms with Gasteiger partial charge in [0.1, 0.15) is 23.7 Å². The van der Waals surface area contributed by atoms with Gasteiger partial charge in [0.15, 0.2) is 6.10 Å². The number of likely N-dealkylation sites (N-methyl/N-ethyl adjacent to an activating group) is 1. The minimum Gasteiger partial charge on any atom is -0.461 e. The van der Waals surface area contributed by atoms with Crippen LogP contribution in [0.2, 0.25) is 5.02 Å². The minimum atomic E-state index is -4.69. The van der Waals surface area contributed by atoms with E-state index in [-0.39, 0.29) is 24.7 Å². The highest BCUT2D eigenvalue weighted by atomic mass is 35.5. The van der Waals surface area contributed by atoms with Crippen molar-refractivity contribution in [2.45, 2.75) is 19.2 Å². The Labute approximate surface area is 212 Å². The van der Waals surface area contributed by atoms with Crippen LogP contribution in [0, 0.1) is 10.1 Å². The SMILES string of the molecule is COC(=O)N(C)CCOC(=O)C(C)OC(=O)c1cc(Oc2ccc(C(F)(F)F)c(Cl)c2)ccc1[N+](=O)[O-]. The Morgan fingerprint density at radius 3 is 2.32 bits per heavy atom. The molecule has 15 heteroatoms. The lowest BCUT2D eigenvalue weighted by Crippen LogP contribution is -2.33. The van der Waals surface area contributed by atoms with Crippen LogP contribution in [0.3, 0.4) is 0 Å². The zero-order valence-electron chi connectivity index (χ0n) is 19.5. The van der Waals surface area contributed by atoms with Crippen molar-refractivity contribution in [3.05, 3.63) is 62.7 Å². The highest BCUT2D eigenvalue weighted by molar-refractivity contribution is 6.31. The van der Waals surface area contributed by atoms with Crippen molar-refractivity contribution in [1.82, 2.24) is 4.90 Å². The summed E-state index contributed by atoms with van der Waals surface area (Å²) < 4.78 is 58.4. The van der Waals surface area contributed by atoms with E-state index >= 15 is 0 Å². The van der Waals surface area contributed by atoms with Crippen molar-refractivity contribution in [2.75, 3.05) is 27.3 Å². The number of nitro groups is 1. The first-order valence-electron chi connectivity index (χ1n) is 10.2. The summed E-state index contributed by atoms with van der Waals surface area (Å²) in [6.45, 7) is 0.907. The molecule has 37 heavy (non-hydrogen) atoms. The van der Waals surface area contributed by atoms with E-state index in [9.17, 15) is 37.7 Å². The van der Waals surface area contributed by atoms with Gasteiger partial charge in [-0.15, -0.1) is 0 Å². The van der Waals surface area contributed by atoms with Crippen LogP contribution in [0.1, 0.15) is 22.8 Å². The van der Waals surface area contributed by atoms with Gasteiger partial charge >= 0.3 is 24.2 Å². The molecule has 0 radical (unpaired) electrons. The molecular formula is C22H20ClF3N2O9. The molecule has 0 bridgehead atoms. The second-order valence-corrected chi connectivity index (χ2v) is 7.69. The smallest absolute Gasteiger partial charge is 0.417 e. The highest BCUT2D eigenvalue weighted by Crippen LogP contribution is 2.37. The topological polar surface area (TPSA) is 135 Å². The Bertz CT molecular complexity index is 1190. The zero-order chi connectivity index (χ0) is 27.9. The fourth-order valence-corrected chi connectivity index (χ4v) is 3.02. The van der Waals surface area contributed by atoms with Crippen molar-refractivity contribution in [2.24, 2.45) is 0 Å². The number of methoxy groups -OCH3 is 1. The Morgan fingerprint density at radius 1 is 1.14 bits per heavy atom. The third-order valence-electron chi connectivity index (χ3n) is 4.64. The van der Waals surface area contributed by atoms with Crippen molar-refractivity contribution >= 4 is 35.3 Å². The molecule has 0 N–H and O–H groups in total. The highest BCUT2D eigenvalue weighted by Gasteiger charge is 2.33. The van der Waals surface area contributed by atoms with Gasteiger partial charge in [-0.05, 0) is 25.1 Å². The van der Waals surface area contributed by atoms with Crippen LogP contribution in [0.15, 0.2) is 36.4 Å². The predicted molar refractivity (Wildman–Crippen MR) is 120 cm³/mol. The molecule has 1 amide bonds. The fourth-order valence-electron chi connectivity index (χ4n) is 2.75. The summed E-state index contributed by atoms with van der Waals surface area (Å²) in [5, 5.41) is 10.7. The lowest BCUT2D eigenvalue weighted by atomic mass is 10.1. The summed E-state index contributed by atoms with van der Waals surface area (Å²) in [5.41, 5.74) is -2.36. The number of ether oxygens (including phenoxy) is 4. The number of carbonyl (C=O) groups is 3. The Hall–Kier alpha value is -4.07. The monoisotopic (exact) mass is 548 g/mol. The van der Waals surface area contributed by atoms with Crippen molar-refractivity contribution in [3.8, 4) is 11.5 Å². The van der Waals surface area contributed by atoms with Gasteiger partial charge in [-0.1, -0.05) is 11.6 Å². The van der Waals surface area contributed by atoms with E-state index in [4.69, 9.17) is 25.8 Å². The molecule has 2 rings (SSSR count). The summed E-state index contributed by atoms with van der Waals surface area (Å²) in [5.74, 6) is -2.55. The molecule has 0 aliphatic rings. The van der Waals surface area contributed by atoms with Gasteiger partial charge in [0.2, 0.25) is 0 Å². The number of esters is 2. The third kappa shape index (κ3) is 7.96. The van der Waals surface area contributed by atoms with Gasteiger partial charge in [0.25, 0.3) is 5.69 Å². The first-order valence-corrected chi connectivity index (χ1v) is 10.6. The summed E-state index contributed by atoms with van der Waals surface area (Å²) in [4.78, 5) is 47.6. The standard InChI is InChI=1S/C22H20ClF3N2O9/c1-12(19(29)35-9-8-27(2)21(31)34-3)36-20(30)15-10-13(5-7-18(15)28(32)33)37-14-4-6-16(17(23)11-14)22(24,25)26/h4-7,10-12H,8-9H2,1-3H3. The van der Waals surface area contributed by atoms with E-state index in [2.05, 4.69) is 4.74 Å². The van der Waals surface area contributed by atoms with Crippen LogP contribution < -0.4 is 4.74 Å². The molecule has 2 aromatic rings. The third-order valence-corrected chi connectivity index (χ3v) is 4.95. The van der Waals surface area contributed by atoms with Crippen molar-refractivity contribution in [3.63, 3.8) is 0 Å². The van der Waals surface area contributed by atoms with E-state index in [0.29, 0.717) is 6.07 Å². The molecule has 0 saturated heterocycles. The molecular weight excluding hydrogens is 529 g/mol. The van der Waals surface area contributed by atoms with Gasteiger partial charge in [-0.25, -0.2) is 14.4 Å². The second-order valence-electron chi connectivity index (χ2n) is 7.28. The number of alkyl halides is 3. The van der Waals surface area contributed by atoms with Crippen LogP contribution in [-0.2, 0) is 25.2 Å². The molecule has 0 aliphatic carbocycles. The number of hydrogen-bond donors (Lipinski definition) is 0.